The van der Waals surface area contributed by atoms with Crippen LogP contribution in [0.5, 0.6) is 0 Å². The maximum Gasteiger partial charge on any atom is 0.118 e. The molecule has 0 radical (unpaired) electrons. The Kier molecular flexibility index (Phi) is 3.16. The van der Waals surface area contributed by atoms with Crippen LogP contribution in [0.3, 0.4) is 0 Å². The molecule has 1 heterocycles. The van der Waals surface area contributed by atoms with Crippen molar-refractivity contribution in [1.82, 2.24) is 10.3 Å². The molecule has 0 aliphatic heterocycles. The summed E-state index contributed by atoms with van der Waals surface area (Å²) in [5.41, 5.74) is 4.25. The fraction of sp³-hybridized carbons (Fsp3) is 0.500. The van der Waals surface area contributed by atoms with E-state index in [9.17, 15) is 0 Å². The summed E-state index contributed by atoms with van der Waals surface area (Å²) in [7, 11) is 0. The van der Waals surface area contributed by atoms with Gasteiger partial charge in [-0.25, -0.2) is 4.98 Å². The van der Waals surface area contributed by atoms with Gasteiger partial charge in [-0.05, 0) is 57.1 Å². The van der Waals surface area contributed by atoms with Gasteiger partial charge in [0.05, 0.1) is 11.2 Å². The van der Waals surface area contributed by atoms with Crippen LogP contribution in [0.1, 0.15) is 53.4 Å². The summed E-state index contributed by atoms with van der Waals surface area (Å²) in [6, 6.07) is 9.36. The first-order chi connectivity index (χ1) is 10.2. The SMILES string of the molecule is CC(C)NC1(c2nc3c(s2)CCC3)CCc2ccccc21. The number of nitrogens with zero attached hydrogens (tertiary/aromatic N) is 1. The Morgan fingerprint density at radius 2 is 2.05 bits per heavy atom. The fourth-order valence-electron chi connectivity index (χ4n) is 3.91. The van der Waals surface area contributed by atoms with Crippen molar-refractivity contribution in [2.24, 2.45) is 0 Å². The molecule has 0 saturated carbocycles. The molecule has 0 saturated heterocycles. The number of aryl methyl sites for hydroxylation is 3. The van der Waals surface area contributed by atoms with Crippen molar-refractivity contribution in [2.75, 3.05) is 0 Å². The van der Waals surface area contributed by atoms with Crippen LogP contribution in [0.25, 0.3) is 0 Å². The lowest BCUT2D eigenvalue weighted by Crippen LogP contribution is -2.45. The number of rotatable bonds is 3. The van der Waals surface area contributed by atoms with Crippen LogP contribution in [0.4, 0.5) is 0 Å². The van der Waals surface area contributed by atoms with Crippen molar-refractivity contribution in [1.29, 1.82) is 0 Å². The summed E-state index contributed by atoms with van der Waals surface area (Å²) < 4.78 is 0. The zero-order valence-corrected chi connectivity index (χ0v) is 13.6. The van der Waals surface area contributed by atoms with Crippen molar-refractivity contribution >= 4 is 11.3 Å². The summed E-state index contributed by atoms with van der Waals surface area (Å²) in [4.78, 5) is 6.58. The second-order valence-electron chi connectivity index (χ2n) is 6.60. The molecule has 1 aromatic carbocycles. The van der Waals surface area contributed by atoms with E-state index in [1.54, 1.807) is 0 Å². The van der Waals surface area contributed by atoms with E-state index >= 15 is 0 Å². The summed E-state index contributed by atoms with van der Waals surface area (Å²) in [6.07, 6.45) is 5.98. The lowest BCUT2D eigenvalue weighted by atomic mass is 9.91. The molecular weight excluding hydrogens is 276 g/mol. The smallest absolute Gasteiger partial charge is 0.118 e. The Morgan fingerprint density at radius 1 is 1.19 bits per heavy atom. The quantitative estimate of drug-likeness (QED) is 0.932. The summed E-state index contributed by atoms with van der Waals surface area (Å²) >= 11 is 1.95. The zero-order valence-electron chi connectivity index (χ0n) is 12.8. The van der Waals surface area contributed by atoms with Crippen molar-refractivity contribution in [3.8, 4) is 0 Å². The molecule has 21 heavy (non-hydrogen) atoms. The summed E-state index contributed by atoms with van der Waals surface area (Å²) in [6.45, 7) is 4.48. The molecule has 0 bridgehead atoms. The highest BCUT2D eigenvalue weighted by atomic mass is 32.1. The third kappa shape index (κ3) is 2.06. The van der Waals surface area contributed by atoms with Gasteiger partial charge in [0.25, 0.3) is 0 Å². The third-order valence-corrected chi connectivity index (χ3v) is 6.06. The average molecular weight is 298 g/mol. The normalized spacial score (nSPS) is 23.6. The average Bonchev–Trinajstić information content (AvgIpc) is 3.11. The Hall–Kier alpha value is -1.19. The van der Waals surface area contributed by atoms with Crippen LogP contribution < -0.4 is 5.32 Å². The van der Waals surface area contributed by atoms with E-state index in [0.717, 1.165) is 12.8 Å². The Bertz CT molecular complexity index is 652. The number of fused-ring (bicyclic) bond motifs is 2. The Morgan fingerprint density at radius 3 is 2.86 bits per heavy atom. The first-order valence-electron chi connectivity index (χ1n) is 8.04. The number of thiazole rings is 1. The number of benzene rings is 1. The van der Waals surface area contributed by atoms with E-state index in [4.69, 9.17) is 4.98 Å². The highest BCUT2D eigenvalue weighted by Gasteiger charge is 2.43. The first kappa shape index (κ1) is 13.5. The molecule has 0 spiro atoms. The van der Waals surface area contributed by atoms with E-state index in [1.807, 2.05) is 11.3 Å². The number of hydrogen-bond acceptors (Lipinski definition) is 3. The monoisotopic (exact) mass is 298 g/mol. The molecule has 0 fully saturated rings. The highest BCUT2D eigenvalue weighted by molar-refractivity contribution is 7.12. The molecule has 2 aromatic rings. The van der Waals surface area contributed by atoms with E-state index in [1.165, 1.54) is 46.0 Å². The van der Waals surface area contributed by atoms with Gasteiger partial charge in [-0.2, -0.15) is 0 Å². The number of hydrogen-bond donors (Lipinski definition) is 1. The predicted molar refractivity (Wildman–Crippen MR) is 88.0 cm³/mol. The predicted octanol–water partition coefficient (Wildman–Crippen LogP) is 3.82. The lowest BCUT2D eigenvalue weighted by molar-refractivity contribution is 0.361. The summed E-state index contributed by atoms with van der Waals surface area (Å²) in [5.74, 6) is 0. The van der Waals surface area contributed by atoms with Gasteiger partial charge in [0.15, 0.2) is 0 Å². The molecule has 0 amide bonds. The van der Waals surface area contributed by atoms with Gasteiger partial charge in [-0.15, -0.1) is 11.3 Å². The lowest BCUT2D eigenvalue weighted by Gasteiger charge is -2.32. The van der Waals surface area contributed by atoms with Gasteiger partial charge in [-0.1, -0.05) is 24.3 Å². The highest BCUT2D eigenvalue weighted by Crippen LogP contribution is 2.45. The van der Waals surface area contributed by atoms with Crippen LogP contribution >= 0.6 is 11.3 Å². The van der Waals surface area contributed by atoms with Gasteiger partial charge in [0, 0.05) is 10.9 Å². The van der Waals surface area contributed by atoms with Gasteiger partial charge >= 0.3 is 0 Å². The molecule has 1 N–H and O–H groups in total. The topological polar surface area (TPSA) is 24.9 Å². The molecule has 110 valence electrons. The van der Waals surface area contributed by atoms with Gasteiger partial charge in [-0.3, -0.25) is 5.32 Å². The zero-order chi connectivity index (χ0) is 14.4. The van der Waals surface area contributed by atoms with Crippen molar-refractivity contribution in [3.63, 3.8) is 0 Å². The molecule has 2 aliphatic rings. The number of nitrogens with one attached hydrogen (secondary N) is 1. The van der Waals surface area contributed by atoms with Crippen LogP contribution in [0.2, 0.25) is 0 Å². The molecule has 2 nitrogen and oxygen atoms in total. The van der Waals surface area contributed by atoms with Gasteiger partial charge < -0.3 is 0 Å². The molecule has 1 atom stereocenters. The van der Waals surface area contributed by atoms with E-state index in [0.29, 0.717) is 6.04 Å². The van der Waals surface area contributed by atoms with E-state index in [2.05, 4.69) is 43.4 Å². The van der Waals surface area contributed by atoms with Gasteiger partial charge in [0.1, 0.15) is 5.01 Å². The van der Waals surface area contributed by atoms with Crippen molar-refractivity contribution in [3.05, 3.63) is 51.0 Å². The van der Waals surface area contributed by atoms with Crippen molar-refractivity contribution < 1.29 is 0 Å². The fourth-order valence-corrected chi connectivity index (χ4v) is 5.26. The number of aromatic nitrogens is 1. The van der Waals surface area contributed by atoms with Crippen LogP contribution in [-0.4, -0.2) is 11.0 Å². The van der Waals surface area contributed by atoms with E-state index < -0.39 is 0 Å². The van der Waals surface area contributed by atoms with Crippen molar-refractivity contribution in [2.45, 2.75) is 57.5 Å². The Balaban J connectivity index is 1.85. The third-order valence-electron chi connectivity index (χ3n) is 4.74. The van der Waals surface area contributed by atoms with Crippen LogP contribution in [0, 0.1) is 0 Å². The first-order valence-corrected chi connectivity index (χ1v) is 8.86. The second-order valence-corrected chi connectivity index (χ2v) is 7.69. The minimum absolute atomic E-state index is 0.0558. The molecule has 2 aliphatic carbocycles. The molecule has 4 rings (SSSR count). The minimum Gasteiger partial charge on any atom is -0.299 e. The second kappa shape index (κ2) is 4.92. The maximum atomic E-state index is 5.05. The Labute approximate surface area is 130 Å². The van der Waals surface area contributed by atoms with Gasteiger partial charge in [0.2, 0.25) is 0 Å². The summed E-state index contributed by atoms with van der Waals surface area (Å²) in [5, 5.41) is 5.16. The molecule has 1 aromatic heterocycles. The molecule has 1 unspecified atom stereocenters. The standard InChI is InChI=1S/C18H22N2S/c1-12(2)20-18(11-10-13-6-3-4-7-14(13)18)17-19-15-8-5-9-16(15)21-17/h3-4,6-7,12,20H,5,8-11H2,1-2H3. The minimum atomic E-state index is -0.0558. The largest absolute Gasteiger partial charge is 0.299 e. The van der Waals surface area contributed by atoms with Crippen LogP contribution in [-0.2, 0) is 24.8 Å². The maximum absolute atomic E-state index is 5.05. The van der Waals surface area contributed by atoms with E-state index in [-0.39, 0.29) is 5.54 Å². The van der Waals surface area contributed by atoms with Crippen LogP contribution in [0.15, 0.2) is 24.3 Å². The molecular formula is C18H22N2S. The molecule has 3 heteroatoms.